The lowest BCUT2D eigenvalue weighted by Crippen LogP contribution is -2.42. The number of hydrogen-bond donors (Lipinski definition) is 0. The first-order valence-corrected chi connectivity index (χ1v) is 7.72. The molecule has 2 aliphatic rings. The molecule has 0 N–H and O–H groups in total. The number of rotatable bonds is 4. The van der Waals surface area contributed by atoms with Crippen molar-refractivity contribution < 1.29 is 14.3 Å². The molecule has 22 heavy (non-hydrogen) atoms. The van der Waals surface area contributed by atoms with Gasteiger partial charge in [-0.2, -0.15) is 0 Å². The maximum absolute atomic E-state index is 12.2. The highest BCUT2D eigenvalue weighted by Crippen LogP contribution is 2.24. The molecule has 0 bridgehead atoms. The van der Waals surface area contributed by atoms with Crippen molar-refractivity contribution in [3.8, 4) is 5.88 Å². The lowest BCUT2D eigenvalue weighted by Gasteiger charge is -2.30. The number of methoxy groups -OCH3 is 1. The zero-order valence-corrected chi connectivity index (χ0v) is 13.0. The third-order valence-electron chi connectivity index (χ3n) is 4.24. The quantitative estimate of drug-likeness (QED) is 0.785. The number of ether oxygens (including phenoxy) is 2. The Balaban J connectivity index is 1.55. The Kier molecular flexibility index (Phi) is 4.84. The smallest absolute Gasteiger partial charge is 0.224 e. The Hall–Kier alpha value is -1.73. The van der Waals surface area contributed by atoms with E-state index in [-0.39, 0.29) is 5.91 Å². The Labute approximate surface area is 130 Å². The first-order chi connectivity index (χ1) is 10.8. The number of morpholine rings is 1. The Morgan fingerprint density at radius 2 is 2.14 bits per heavy atom. The number of hydrogen-bond acceptors (Lipinski definition) is 6. The summed E-state index contributed by atoms with van der Waals surface area (Å²) in [6, 6.07) is 0. The van der Waals surface area contributed by atoms with E-state index in [9.17, 15) is 4.79 Å². The van der Waals surface area contributed by atoms with Crippen molar-refractivity contribution >= 4 is 5.91 Å². The van der Waals surface area contributed by atoms with Crippen LogP contribution in [0.3, 0.4) is 0 Å². The van der Waals surface area contributed by atoms with E-state index in [1.165, 1.54) is 0 Å². The zero-order valence-electron chi connectivity index (χ0n) is 13.0. The summed E-state index contributed by atoms with van der Waals surface area (Å²) in [5.41, 5.74) is 2.11. The average Bonchev–Trinajstić information content (AvgIpc) is 2.59. The predicted octanol–water partition coefficient (Wildman–Crippen LogP) is 0.0922. The van der Waals surface area contributed by atoms with Gasteiger partial charge in [0, 0.05) is 51.1 Å². The van der Waals surface area contributed by atoms with E-state index >= 15 is 0 Å². The number of carbonyl (C=O) groups excluding carboxylic acids is 1. The monoisotopic (exact) mass is 306 g/mol. The molecule has 0 aromatic carbocycles. The van der Waals surface area contributed by atoms with Gasteiger partial charge in [-0.3, -0.25) is 9.69 Å². The van der Waals surface area contributed by atoms with Gasteiger partial charge in [-0.1, -0.05) is 0 Å². The number of fused-ring (bicyclic) bond motifs is 1. The predicted molar refractivity (Wildman–Crippen MR) is 79.6 cm³/mol. The van der Waals surface area contributed by atoms with Crippen LogP contribution in [0.15, 0.2) is 6.33 Å². The Morgan fingerprint density at radius 3 is 2.91 bits per heavy atom. The van der Waals surface area contributed by atoms with Crippen LogP contribution >= 0.6 is 0 Å². The summed E-state index contributed by atoms with van der Waals surface area (Å²) < 4.78 is 10.6. The molecule has 7 heteroatoms. The summed E-state index contributed by atoms with van der Waals surface area (Å²) >= 11 is 0. The molecular formula is C15H22N4O3. The lowest BCUT2D eigenvalue weighted by molar-refractivity contribution is -0.135. The van der Waals surface area contributed by atoms with Gasteiger partial charge in [-0.15, -0.1) is 0 Å². The number of carbonyl (C=O) groups is 1. The molecular weight excluding hydrogens is 284 g/mol. The van der Waals surface area contributed by atoms with E-state index in [0.29, 0.717) is 38.6 Å². The van der Waals surface area contributed by atoms with E-state index < -0.39 is 0 Å². The minimum absolute atomic E-state index is 0.213. The zero-order chi connectivity index (χ0) is 15.4. The highest BCUT2D eigenvalue weighted by atomic mass is 16.5. The molecule has 7 nitrogen and oxygen atoms in total. The van der Waals surface area contributed by atoms with Crippen LogP contribution in [0.5, 0.6) is 5.88 Å². The van der Waals surface area contributed by atoms with Gasteiger partial charge in [-0.05, 0) is 0 Å². The largest absolute Gasteiger partial charge is 0.481 e. The Bertz CT molecular complexity index is 517. The SMILES string of the molecule is COc1ncnc2c1CN(CCC(=O)N1CCOCC1)CC2. The minimum Gasteiger partial charge on any atom is -0.481 e. The maximum Gasteiger partial charge on any atom is 0.224 e. The number of aromatic nitrogens is 2. The number of nitrogens with zero attached hydrogens (tertiary/aromatic N) is 4. The lowest BCUT2D eigenvalue weighted by atomic mass is 10.1. The summed E-state index contributed by atoms with van der Waals surface area (Å²) in [6.07, 6.45) is 2.97. The van der Waals surface area contributed by atoms with Crippen LogP contribution in [0.4, 0.5) is 0 Å². The van der Waals surface area contributed by atoms with E-state index in [4.69, 9.17) is 9.47 Å². The van der Waals surface area contributed by atoms with Crippen molar-refractivity contribution in [2.75, 3.05) is 46.5 Å². The molecule has 1 aromatic rings. The normalized spacial score (nSPS) is 18.9. The molecule has 0 radical (unpaired) electrons. The van der Waals surface area contributed by atoms with Crippen molar-refractivity contribution in [2.45, 2.75) is 19.4 Å². The van der Waals surface area contributed by atoms with Gasteiger partial charge in [-0.25, -0.2) is 9.97 Å². The van der Waals surface area contributed by atoms with Gasteiger partial charge in [0.05, 0.1) is 26.0 Å². The maximum atomic E-state index is 12.2. The van der Waals surface area contributed by atoms with Crippen molar-refractivity contribution in [1.82, 2.24) is 19.8 Å². The highest BCUT2D eigenvalue weighted by molar-refractivity contribution is 5.76. The van der Waals surface area contributed by atoms with Gasteiger partial charge in [0.2, 0.25) is 11.8 Å². The van der Waals surface area contributed by atoms with Crippen LogP contribution in [0.2, 0.25) is 0 Å². The molecule has 0 spiro atoms. The summed E-state index contributed by atoms with van der Waals surface area (Å²) in [5, 5.41) is 0. The molecule has 0 saturated carbocycles. The highest BCUT2D eigenvalue weighted by Gasteiger charge is 2.23. The first-order valence-electron chi connectivity index (χ1n) is 7.72. The van der Waals surface area contributed by atoms with Gasteiger partial charge in [0.1, 0.15) is 6.33 Å². The molecule has 1 saturated heterocycles. The second-order valence-electron chi connectivity index (χ2n) is 5.58. The first kappa shape index (κ1) is 15.2. The molecule has 120 valence electrons. The fraction of sp³-hybridized carbons (Fsp3) is 0.667. The van der Waals surface area contributed by atoms with Crippen molar-refractivity contribution in [3.63, 3.8) is 0 Å². The summed E-state index contributed by atoms with van der Waals surface area (Å²) in [6.45, 7) is 5.15. The van der Waals surface area contributed by atoms with Crippen LogP contribution in [0.1, 0.15) is 17.7 Å². The topological polar surface area (TPSA) is 67.8 Å². The average molecular weight is 306 g/mol. The van der Waals surface area contributed by atoms with Gasteiger partial charge in [0.15, 0.2) is 0 Å². The molecule has 0 atom stereocenters. The van der Waals surface area contributed by atoms with Crippen LogP contribution < -0.4 is 4.74 Å². The summed E-state index contributed by atoms with van der Waals surface area (Å²) in [5.74, 6) is 0.861. The molecule has 2 aliphatic heterocycles. The van der Waals surface area contributed by atoms with Crippen molar-refractivity contribution in [1.29, 1.82) is 0 Å². The molecule has 0 aliphatic carbocycles. The van der Waals surface area contributed by atoms with E-state index in [2.05, 4.69) is 14.9 Å². The standard InChI is InChI=1S/C15H22N4O3/c1-21-15-12-10-18(4-2-13(12)16-11-17-15)5-3-14(20)19-6-8-22-9-7-19/h11H,2-10H2,1H3. The van der Waals surface area contributed by atoms with Gasteiger partial charge >= 0.3 is 0 Å². The third-order valence-corrected chi connectivity index (χ3v) is 4.24. The van der Waals surface area contributed by atoms with E-state index in [1.807, 2.05) is 4.90 Å². The van der Waals surface area contributed by atoms with E-state index in [1.54, 1.807) is 13.4 Å². The fourth-order valence-electron chi connectivity index (χ4n) is 2.96. The second kappa shape index (κ2) is 7.02. The fourth-order valence-corrected chi connectivity index (χ4v) is 2.96. The second-order valence-corrected chi connectivity index (χ2v) is 5.58. The van der Waals surface area contributed by atoms with Crippen LogP contribution in [-0.2, 0) is 22.5 Å². The van der Waals surface area contributed by atoms with Gasteiger partial charge < -0.3 is 14.4 Å². The molecule has 0 unspecified atom stereocenters. The molecule has 1 amide bonds. The molecule has 3 rings (SSSR count). The minimum atomic E-state index is 0.213. The summed E-state index contributed by atoms with van der Waals surface area (Å²) in [7, 11) is 1.63. The molecule has 3 heterocycles. The van der Waals surface area contributed by atoms with Crippen molar-refractivity contribution in [2.24, 2.45) is 0 Å². The Morgan fingerprint density at radius 1 is 1.32 bits per heavy atom. The van der Waals surface area contributed by atoms with Crippen LogP contribution in [0, 0.1) is 0 Å². The van der Waals surface area contributed by atoms with Crippen LogP contribution in [0.25, 0.3) is 0 Å². The molecule has 1 fully saturated rings. The number of amides is 1. The van der Waals surface area contributed by atoms with Gasteiger partial charge in [0.25, 0.3) is 0 Å². The summed E-state index contributed by atoms with van der Waals surface area (Å²) in [4.78, 5) is 24.9. The van der Waals surface area contributed by atoms with Crippen LogP contribution in [-0.4, -0.2) is 72.2 Å². The van der Waals surface area contributed by atoms with Crippen molar-refractivity contribution in [3.05, 3.63) is 17.6 Å². The molecule has 1 aromatic heterocycles. The van der Waals surface area contributed by atoms with E-state index in [0.717, 1.165) is 37.3 Å². The third kappa shape index (κ3) is 3.36.